The highest BCUT2D eigenvalue weighted by molar-refractivity contribution is 4.92. The molecule has 0 bridgehead atoms. The van der Waals surface area contributed by atoms with E-state index in [0.717, 1.165) is 25.5 Å². The molecule has 1 aromatic rings. The first-order chi connectivity index (χ1) is 8.63. The van der Waals surface area contributed by atoms with Crippen LogP contribution in [0.1, 0.15) is 32.5 Å². The summed E-state index contributed by atoms with van der Waals surface area (Å²) in [5.41, 5.74) is 0.455. The van der Waals surface area contributed by atoms with Crippen LogP contribution in [0.25, 0.3) is 0 Å². The van der Waals surface area contributed by atoms with Gasteiger partial charge in [0.2, 0.25) is 0 Å². The SMILES string of the molecule is CCn1ccnc1CNCC1(C)CCN(C)CC1. The van der Waals surface area contributed by atoms with Gasteiger partial charge in [-0.1, -0.05) is 6.92 Å². The Kier molecular flexibility index (Phi) is 4.40. The highest BCUT2D eigenvalue weighted by atomic mass is 15.1. The maximum absolute atomic E-state index is 4.40. The minimum Gasteiger partial charge on any atom is -0.334 e. The van der Waals surface area contributed by atoms with Crippen molar-refractivity contribution in [2.45, 2.75) is 39.8 Å². The molecule has 2 heterocycles. The molecule has 1 saturated heterocycles. The minimum absolute atomic E-state index is 0.455. The Morgan fingerprint density at radius 3 is 2.78 bits per heavy atom. The second kappa shape index (κ2) is 5.85. The smallest absolute Gasteiger partial charge is 0.122 e. The van der Waals surface area contributed by atoms with Crippen LogP contribution in [0, 0.1) is 5.41 Å². The van der Waals surface area contributed by atoms with E-state index in [9.17, 15) is 0 Å². The molecule has 4 heteroatoms. The molecule has 1 fully saturated rings. The van der Waals surface area contributed by atoms with Crippen LogP contribution in [0.2, 0.25) is 0 Å². The van der Waals surface area contributed by atoms with E-state index in [-0.39, 0.29) is 0 Å². The Bertz CT molecular complexity index is 364. The van der Waals surface area contributed by atoms with Crippen molar-refractivity contribution in [3.63, 3.8) is 0 Å². The first kappa shape index (κ1) is 13.6. The fourth-order valence-electron chi connectivity index (χ4n) is 2.61. The number of hydrogen-bond acceptors (Lipinski definition) is 3. The molecule has 1 aromatic heterocycles. The van der Waals surface area contributed by atoms with E-state index in [1.54, 1.807) is 0 Å². The average molecular weight is 250 g/mol. The van der Waals surface area contributed by atoms with Crippen molar-refractivity contribution in [2.75, 3.05) is 26.7 Å². The average Bonchev–Trinajstić information content (AvgIpc) is 2.81. The van der Waals surface area contributed by atoms with Crippen LogP contribution >= 0.6 is 0 Å². The molecule has 0 amide bonds. The van der Waals surface area contributed by atoms with Crippen molar-refractivity contribution in [3.8, 4) is 0 Å². The van der Waals surface area contributed by atoms with Gasteiger partial charge in [0.25, 0.3) is 0 Å². The second-order valence-corrected chi connectivity index (χ2v) is 5.85. The fourth-order valence-corrected chi connectivity index (χ4v) is 2.61. The number of imidazole rings is 1. The molecule has 4 nitrogen and oxygen atoms in total. The number of nitrogens with zero attached hydrogens (tertiary/aromatic N) is 3. The van der Waals surface area contributed by atoms with Crippen molar-refractivity contribution in [1.29, 1.82) is 0 Å². The first-order valence-electron chi connectivity index (χ1n) is 7.02. The molecule has 1 aliphatic heterocycles. The number of aryl methyl sites for hydroxylation is 1. The number of rotatable bonds is 5. The molecule has 0 saturated carbocycles. The van der Waals surface area contributed by atoms with Gasteiger partial charge in [0, 0.05) is 25.5 Å². The quantitative estimate of drug-likeness (QED) is 0.864. The lowest BCUT2D eigenvalue weighted by molar-refractivity contribution is 0.136. The summed E-state index contributed by atoms with van der Waals surface area (Å²) in [5.74, 6) is 1.15. The Morgan fingerprint density at radius 2 is 2.11 bits per heavy atom. The highest BCUT2D eigenvalue weighted by Gasteiger charge is 2.28. The molecule has 2 rings (SSSR count). The van der Waals surface area contributed by atoms with E-state index in [2.05, 4.69) is 40.7 Å². The van der Waals surface area contributed by atoms with E-state index in [0.29, 0.717) is 5.41 Å². The van der Waals surface area contributed by atoms with Crippen LogP contribution in [-0.2, 0) is 13.1 Å². The standard InChI is InChI=1S/C14H26N4/c1-4-18-10-7-16-13(18)11-15-12-14(2)5-8-17(3)9-6-14/h7,10,15H,4-6,8-9,11-12H2,1-3H3. The maximum atomic E-state index is 4.40. The summed E-state index contributed by atoms with van der Waals surface area (Å²) in [6, 6.07) is 0. The molecule has 0 unspecified atom stereocenters. The Labute approximate surface area is 110 Å². The molecule has 1 aliphatic rings. The minimum atomic E-state index is 0.455. The molecule has 0 atom stereocenters. The van der Waals surface area contributed by atoms with Crippen LogP contribution < -0.4 is 5.32 Å². The first-order valence-corrected chi connectivity index (χ1v) is 7.02. The molecular weight excluding hydrogens is 224 g/mol. The Hall–Kier alpha value is -0.870. The van der Waals surface area contributed by atoms with Gasteiger partial charge in [0.1, 0.15) is 5.82 Å². The van der Waals surface area contributed by atoms with Crippen molar-refractivity contribution >= 4 is 0 Å². The molecule has 0 spiro atoms. The summed E-state index contributed by atoms with van der Waals surface area (Å²) in [7, 11) is 2.21. The van der Waals surface area contributed by atoms with Crippen molar-refractivity contribution < 1.29 is 0 Å². The molecule has 1 N–H and O–H groups in total. The van der Waals surface area contributed by atoms with Crippen LogP contribution in [0.3, 0.4) is 0 Å². The van der Waals surface area contributed by atoms with Gasteiger partial charge in [0.05, 0.1) is 6.54 Å². The van der Waals surface area contributed by atoms with E-state index < -0.39 is 0 Å². The second-order valence-electron chi connectivity index (χ2n) is 5.85. The van der Waals surface area contributed by atoms with Crippen LogP contribution in [0.4, 0.5) is 0 Å². The lowest BCUT2D eigenvalue weighted by Gasteiger charge is -2.38. The van der Waals surface area contributed by atoms with Crippen LogP contribution in [0.15, 0.2) is 12.4 Å². The summed E-state index contributed by atoms with van der Waals surface area (Å²) < 4.78 is 2.20. The van der Waals surface area contributed by atoms with Gasteiger partial charge in [0.15, 0.2) is 0 Å². The normalized spacial score (nSPS) is 20.2. The maximum Gasteiger partial charge on any atom is 0.122 e. The summed E-state index contributed by atoms with van der Waals surface area (Å²) in [4.78, 5) is 6.82. The predicted molar refractivity (Wildman–Crippen MR) is 74.4 cm³/mol. The lowest BCUT2D eigenvalue weighted by Crippen LogP contribution is -2.42. The zero-order valence-corrected chi connectivity index (χ0v) is 11.9. The lowest BCUT2D eigenvalue weighted by atomic mass is 9.80. The third-order valence-electron chi connectivity index (χ3n) is 4.17. The predicted octanol–water partition coefficient (Wildman–Crippen LogP) is 1.72. The van der Waals surface area contributed by atoms with Crippen LogP contribution in [-0.4, -0.2) is 41.1 Å². The third-order valence-corrected chi connectivity index (χ3v) is 4.17. The van der Waals surface area contributed by atoms with Crippen LogP contribution in [0.5, 0.6) is 0 Å². The van der Waals surface area contributed by atoms with Crippen molar-refractivity contribution in [1.82, 2.24) is 19.8 Å². The number of aromatic nitrogens is 2. The summed E-state index contributed by atoms with van der Waals surface area (Å²) in [5, 5.41) is 3.59. The van der Waals surface area contributed by atoms with Gasteiger partial charge in [-0.15, -0.1) is 0 Å². The zero-order chi connectivity index (χ0) is 13.0. The molecule has 0 radical (unpaired) electrons. The van der Waals surface area contributed by atoms with Crippen molar-refractivity contribution in [3.05, 3.63) is 18.2 Å². The summed E-state index contributed by atoms with van der Waals surface area (Å²) >= 11 is 0. The number of piperidine rings is 1. The van der Waals surface area contributed by atoms with Gasteiger partial charge in [-0.3, -0.25) is 0 Å². The molecule has 102 valence electrons. The molecule has 0 aliphatic carbocycles. The molecule has 0 aromatic carbocycles. The van der Waals surface area contributed by atoms with Gasteiger partial charge in [-0.25, -0.2) is 4.98 Å². The Balaban J connectivity index is 1.78. The monoisotopic (exact) mass is 250 g/mol. The third kappa shape index (κ3) is 3.33. The molecule has 18 heavy (non-hydrogen) atoms. The van der Waals surface area contributed by atoms with E-state index in [1.807, 2.05) is 12.4 Å². The Morgan fingerprint density at radius 1 is 1.39 bits per heavy atom. The largest absolute Gasteiger partial charge is 0.334 e. The van der Waals surface area contributed by atoms with E-state index >= 15 is 0 Å². The fraction of sp³-hybridized carbons (Fsp3) is 0.786. The number of nitrogens with one attached hydrogen (secondary N) is 1. The topological polar surface area (TPSA) is 33.1 Å². The van der Waals surface area contributed by atoms with Gasteiger partial charge < -0.3 is 14.8 Å². The highest BCUT2D eigenvalue weighted by Crippen LogP contribution is 2.29. The van der Waals surface area contributed by atoms with Gasteiger partial charge in [-0.2, -0.15) is 0 Å². The zero-order valence-electron chi connectivity index (χ0n) is 11.9. The van der Waals surface area contributed by atoms with Crippen molar-refractivity contribution in [2.24, 2.45) is 5.41 Å². The van der Waals surface area contributed by atoms with Gasteiger partial charge in [-0.05, 0) is 45.3 Å². The summed E-state index contributed by atoms with van der Waals surface area (Å²) in [6.45, 7) is 9.98. The molecular formula is C14H26N4. The van der Waals surface area contributed by atoms with E-state index in [1.165, 1.54) is 25.9 Å². The summed E-state index contributed by atoms with van der Waals surface area (Å²) in [6.07, 6.45) is 6.52. The van der Waals surface area contributed by atoms with Gasteiger partial charge >= 0.3 is 0 Å². The number of likely N-dealkylation sites (tertiary alicyclic amines) is 1. The number of hydrogen-bond donors (Lipinski definition) is 1. The van der Waals surface area contributed by atoms with E-state index in [4.69, 9.17) is 0 Å².